The molecule has 2 aliphatic rings. The quantitative estimate of drug-likeness (QED) is 0.852. The third-order valence-corrected chi connectivity index (χ3v) is 5.35. The molecule has 0 aromatic carbocycles. The van der Waals surface area contributed by atoms with Gasteiger partial charge in [-0.3, -0.25) is 14.7 Å². The van der Waals surface area contributed by atoms with Crippen LogP contribution in [0.1, 0.15) is 22.7 Å². The maximum atomic E-state index is 12.9. The van der Waals surface area contributed by atoms with Crippen LogP contribution in [0.15, 0.2) is 47.2 Å². The van der Waals surface area contributed by atoms with Crippen molar-refractivity contribution in [2.24, 2.45) is 5.92 Å². The summed E-state index contributed by atoms with van der Waals surface area (Å²) in [5.74, 6) is 1.29. The van der Waals surface area contributed by atoms with Crippen LogP contribution < -0.4 is 0 Å². The molecular formula is C19H23N3O3. The van der Waals surface area contributed by atoms with E-state index in [9.17, 15) is 4.79 Å². The number of aromatic nitrogens is 1. The summed E-state index contributed by atoms with van der Waals surface area (Å²) >= 11 is 0. The van der Waals surface area contributed by atoms with Crippen molar-refractivity contribution < 1.29 is 13.9 Å². The van der Waals surface area contributed by atoms with Gasteiger partial charge in [0.1, 0.15) is 11.5 Å². The van der Waals surface area contributed by atoms with Crippen LogP contribution in [0, 0.1) is 5.92 Å². The first kappa shape index (κ1) is 16.3. The second-order valence-corrected chi connectivity index (χ2v) is 6.78. The molecule has 1 amide bonds. The molecule has 0 saturated carbocycles. The van der Waals surface area contributed by atoms with Gasteiger partial charge >= 0.3 is 0 Å². The van der Waals surface area contributed by atoms with Gasteiger partial charge in [0, 0.05) is 38.9 Å². The molecule has 132 valence electrons. The number of fused-ring (bicyclic) bond motifs is 1. The molecule has 4 heterocycles. The van der Waals surface area contributed by atoms with E-state index in [2.05, 4.69) is 9.88 Å². The third kappa shape index (κ3) is 3.19. The van der Waals surface area contributed by atoms with Crippen molar-refractivity contribution in [3.8, 4) is 0 Å². The molecule has 2 aromatic rings. The number of piperidine rings is 1. The molecule has 2 saturated heterocycles. The number of carbonyl (C=O) groups is 1. The number of rotatable bonds is 4. The summed E-state index contributed by atoms with van der Waals surface area (Å²) in [7, 11) is 1.77. The van der Waals surface area contributed by atoms with Crippen LogP contribution in [0.3, 0.4) is 0 Å². The zero-order valence-electron chi connectivity index (χ0n) is 14.4. The molecule has 25 heavy (non-hydrogen) atoms. The standard InChI is InChI=1S/C19H23N3O3/c1-24-18-7-9-22(19(23)16-6-2-3-8-20-16)17-13-21(12-15(17)18)11-14-5-4-10-25-14/h2-6,8,10,15,17-18H,7,9,11-13H2,1H3/t15-,17+,18-/m0/s1. The molecule has 6 nitrogen and oxygen atoms in total. The first-order valence-corrected chi connectivity index (χ1v) is 8.76. The smallest absolute Gasteiger partial charge is 0.272 e. The fourth-order valence-electron chi connectivity index (χ4n) is 4.17. The Morgan fingerprint density at radius 1 is 1.32 bits per heavy atom. The Bertz CT molecular complexity index is 704. The molecule has 6 heteroatoms. The minimum Gasteiger partial charge on any atom is -0.468 e. The highest BCUT2D eigenvalue weighted by Gasteiger charge is 2.46. The number of methoxy groups -OCH3 is 1. The molecule has 0 aliphatic carbocycles. The van der Waals surface area contributed by atoms with Gasteiger partial charge in [-0.2, -0.15) is 0 Å². The molecule has 0 bridgehead atoms. The Balaban J connectivity index is 1.53. The van der Waals surface area contributed by atoms with Crippen molar-refractivity contribution in [2.45, 2.75) is 25.1 Å². The first-order chi connectivity index (χ1) is 12.3. The van der Waals surface area contributed by atoms with Gasteiger partial charge in [0.2, 0.25) is 0 Å². The van der Waals surface area contributed by atoms with Crippen molar-refractivity contribution in [3.63, 3.8) is 0 Å². The van der Waals surface area contributed by atoms with Crippen LogP contribution in [0.25, 0.3) is 0 Å². The topological polar surface area (TPSA) is 58.8 Å². The molecule has 2 aliphatic heterocycles. The number of likely N-dealkylation sites (tertiary alicyclic amines) is 2. The van der Waals surface area contributed by atoms with E-state index in [1.807, 2.05) is 29.2 Å². The average molecular weight is 341 g/mol. The van der Waals surface area contributed by atoms with E-state index in [0.29, 0.717) is 18.2 Å². The molecular weight excluding hydrogens is 318 g/mol. The largest absolute Gasteiger partial charge is 0.468 e. The van der Waals surface area contributed by atoms with Gasteiger partial charge < -0.3 is 14.1 Å². The van der Waals surface area contributed by atoms with Crippen LogP contribution in [0.5, 0.6) is 0 Å². The van der Waals surface area contributed by atoms with E-state index in [0.717, 1.165) is 31.8 Å². The highest BCUT2D eigenvalue weighted by atomic mass is 16.5. The van der Waals surface area contributed by atoms with Crippen LogP contribution in [0.2, 0.25) is 0 Å². The zero-order valence-corrected chi connectivity index (χ0v) is 14.4. The highest BCUT2D eigenvalue weighted by molar-refractivity contribution is 5.92. The summed E-state index contributed by atoms with van der Waals surface area (Å²) in [5, 5.41) is 0. The Morgan fingerprint density at radius 2 is 2.24 bits per heavy atom. The van der Waals surface area contributed by atoms with E-state index in [4.69, 9.17) is 9.15 Å². The third-order valence-electron chi connectivity index (χ3n) is 5.35. The molecule has 0 spiro atoms. The van der Waals surface area contributed by atoms with Crippen molar-refractivity contribution in [2.75, 3.05) is 26.7 Å². The lowest BCUT2D eigenvalue weighted by Gasteiger charge is -2.40. The van der Waals surface area contributed by atoms with Crippen LogP contribution in [0.4, 0.5) is 0 Å². The molecule has 0 radical (unpaired) electrons. The van der Waals surface area contributed by atoms with Gasteiger partial charge in [0.15, 0.2) is 0 Å². The fraction of sp³-hybridized carbons (Fsp3) is 0.474. The van der Waals surface area contributed by atoms with E-state index in [-0.39, 0.29) is 18.1 Å². The number of ether oxygens (including phenoxy) is 1. The number of hydrogen-bond acceptors (Lipinski definition) is 5. The lowest BCUT2D eigenvalue weighted by atomic mass is 9.88. The van der Waals surface area contributed by atoms with Crippen molar-refractivity contribution >= 4 is 5.91 Å². The summed E-state index contributed by atoms with van der Waals surface area (Å²) in [4.78, 5) is 21.5. The number of amides is 1. The Labute approximate surface area is 147 Å². The number of hydrogen-bond donors (Lipinski definition) is 0. The normalized spacial score (nSPS) is 26.6. The molecule has 4 rings (SSSR count). The summed E-state index contributed by atoms with van der Waals surface area (Å²) in [6, 6.07) is 9.53. The van der Waals surface area contributed by atoms with Crippen molar-refractivity contribution in [3.05, 3.63) is 54.2 Å². The summed E-state index contributed by atoms with van der Waals surface area (Å²) in [6.45, 7) is 3.23. The number of pyridine rings is 1. The van der Waals surface area contributed by atoms with Gasteiger partial charge in [0.25, 0.3) is 5.91 Å². The van der Waals surface area contributed by atoms with Gasteiger partial charge in [-0.15, -0.1) is 0 Å². The number of nitrogens with zero attached hydrogens (tertiary/aromatic N) is 3. The Kier molecular flexibility index (Phi) is 4.55. The molecule has 3 atom stereocenters. The van der Waals surface area contributed by atoms with Gasteiger partial charge in [0.05, 0.1) is 25.0 Å². The minimum absolute atomic E-state index is 0.0185. The van der Waals surface area contributed by atoms with Crippen LogP contribution in [-0.4, -0.2) is 59.6 Å². The van der Waals surface area contributed by atoms with Gasteiger partial charge in [-0.1, -0.05) is 6.07 Å². The second kappa shape index (κ2) is 6.98. The van der Waals surface area contributed by atoms with E-state index in [1.165, 1.54) is 0 Å². The van der Waals surface area contributed by atoms with E-state index in [1.54, 1.807) is 25.6 Å². The summed E-state index contributed by atoms with van der Waals surface area (Å²) < 4.78 is 11.2. The predicted octanol–water partition coefficient (Wildman–Crippen LogP) is 2.04. The Hall–Kier alpha value is -2.18. The highest BCUT2D eigenvalue weighted by Crippen LogP contribution is 2.34. The number of carbonyl (C=O) groups excluding carboxylic acids is 1. The zero-order chi connectivity index (χ0) is 17.2. The van der Waals surface area contributed by atoms with Gasteiger partial charge in [-0.05, 0) is 30.7 Å². The van der Waals surface area contributed by atoms with E-state index >= 15 is 0 Å². The lowest BCUT2D eigenvalue weighted by molar-refractivity contribution is -0.0158. The lowest BCUT2D eigenvalue weighted by Crippen LogP contribution is -2.53. The number of furan rings is 1. The fourth-order valence-corrected chi connectivity index (χ4v) is 4.17. The predicted molar refractivity (Wildman–Crippen MR) is 92.0 cm³/mol. The van der Waals surface area contributed by atoms with Crippen LogP contribution in [-0.2, 0) is 11.3 Å². The average Bonchev–Trinajstić information content (AvgIpc) is 3.31. The maximum Gasteiger partial charge on any atom is 0.272 e. The Morgan fingerprint density at radius 3 is 2.96 bits per heavy atom. The minimum atomic E-state index is 0.0185. The summed E-state index contributed by atoms with van der Waals surface area (Å²) in [5.41, 5.74) is 0.515. The monoisotopic (exact) mass is 341 g/mol. The first-order valence-electron chi connectivity index (χ1n) is 8.76. The summed E-state index contributed by atoms with van der Waals surface area (Å²) in [6.07, 6.45) is 4.43. The second-order valence-electron chi connectivity index (χ2n) is 6.78. The van der Waals surface area contributed by atoms with Crippen molar-refractivity contribution in [1.82, 2.24) is 14.8 Å². The molecule has 0 unspecified atom stereocenters. The molecule has 2 aromatic heterocycles. The SMILES string of the molecule is CO[C@H]1CCN(C(=O)c2ccccn2)[C@@H]2CN(Cc3ccco3)C[C@H]12. The molecule has 2 fully saturated rings. The van der Waals surface area contributed by atoms with Gasteiger partial charge in [-0.25, -0.2) is 0 Å². The molecule has 0 N–H and O–H groups in total. The maximum absolute atomic E-state index is 12.9. The van der Waals surface area contributed by atoms with Crippen molar-refractivity contribution in [1.29, 1.82) is 0 Å². The van der Waals surface area contributed by atoms with Crippen LogP contribution >= 0.6 is 0 Å². The van der Waals surface area contributed by atoms with E-state index < -0.39 is 0 Å².